The van der Waals surface area contributed by atoms with Gasteiger partial charge in [0, 0.05) is 12.6 Å². The van der Waals surface area contributed by atoms with Crippen molar-refractivity contribution in [1.82, 2.24) is 9.80 Å². The van der Waals surface area contributed by atoms with Gasteiger partial charge in [0.25, 0.3) is 0 Å². The fraction of sp³-hybridized carbons (Fsp3) is 1.00. The Labute approximate surface area is 96.6 Å². The van der Waals surface area contributed by atoms with E-state index in [0.29, 0.717) is 6.04 Å². The summed E-state index contributed by atoms with van der Waals surface area (Å²) < 4.78 is 0. The minimum atomic E-state index is 0.668. The Bertz CT molecular complexity index is 139. The van der Waals surface area contributed by atoms with Crippen LogP contribution in [0.4, 0.5) is 0 Å². The first kappa shape index (κ1) is 14.9. The second-order valence-corrected chi connectivity index (χ2v) is 4.98. The molecule has 0 aliphatic rings. The van der Waals surface area contributed by atoms with Gasteiger partial charge in [-0.15, -0.1) is 0 Å². The maximum absolute atomic E-state index is 2.60. The molecule has 0 aliphatic carbocycles. The predicted molar refractivity (Wildman–Crippen MR) is 69.3 cm³/mol. The largest absolute Gasteiger partial charge is 0.306 e. The lowest BCUT2D eigenvalue weighted by molar-refractivity contribution is 0.168. The summed E-state index contributed by atoms with van der Waals surface area (Å²) >= 11 is 0. The fourth-order valence-electron chi connectivity index (χ4n) is 2.00. The third kappa shape index (κ3) is 6.16. The van der Waals surface area contributed by atoms with E-state index >= 15 is 0 Å². The predicted octanol–water partition coefficient (Wildman–Crippen LogP) is 2.69. The van der Waals surface area contributed by atoms with Gasteiger partial charge in [-0.1, -0.05) is 20.8 Å². The molecule has 0 spiro atoms. The minimum absolute atomic E-state index is 0.668. The SMILES string of the molecule is CCCN(CCC)CC(C)C(C)N(C)C. The van der Waals surface area contributed by atoms with Gasteiger partial charge in [-0.3, -0.25) is 0 Å². The molecule has 15 heavy (non-hydrogen) atoms. The first-order valence-corrected chi connectivity index (χ1v) is 6.41. The van der Waals surface area contributed by atoms with Crippen molar-refractivity contribution in [3.8, 4) is 0 Å². The molecule has 0 bridgehead atoms. The average Bonchev–Trinajstić information content (AvgIpc) is 2.17. The fourth-order valence-corrected chi connectivity index (χ4v) is 2.00. The highest BCUT2D eigenvalue weighted by atomic mass is 15.1. The van der Waals surface area contributed by atoms with E-state index in [0.717, 1.165) is 5.92 Å². The molecular weight excluding hydrogens is 184 g/mol. The summed E-state index contributed by atoms with van der Waals surface area (Å²) in [5.41, 5.74) is 0. The number of nitrogens with zero attached hydrogens (tertiary/aromatic N) is 2. The van der Waals surface area contributed by atoms with Crippen LogP contribution in [0.2, 0.25) is 0 Å². The summed E-state index contributed by atoms with van der Waals surface area (Å²) in [6.07, 6.45) is 2.53. The van der Waals surface area contributed by atoms with E-state index in [1.54, 1.807) is 0 Å². The van der Waals surface area contributed by atoms with E-state index in [2.05, 4.69) is 51.6 Å². The van der Waals surface area contributed by atoms with Crippen LogP contribution in [0.25, 0.3) is 0 Å². The number of hydrogen-bond donors (Lipinski definition) is 0. The zero-order chi connectivity index (χ0) is 11.8. The van der Waals surface area contributed by atoms with E-state index in [1.807, 2.05) is 0 Å². The Hall–Kier alpha value is -0.0800. The van der Waals surface area contributed by atoms with Gasteiger partial charge in [-0.25, -0.2) is 0 Å². The molecular formula is C13H30N2. The standard InChI is InChI=1S/C13H30N2/c1-7-9-15(10-8-2)11-12(3)13(4)14(5)6/h12-13H,7-11H2,1-6H3. The first-order chi connectivity index (χ1) is 7.02. The van der Waals surface area contributed by atoms with Gasteiger partial charge < -0.3 is 9.80 Å². The van der Waals surface area contributed by atoms with Crippen LogP contribution in [-0.4, -0.2) is 49.6 Å². The van der Waals surface area contributed by atoms with E-state index in [9.17, 15) is 0 Å². The molecule has 2 unspecified atom stereocenters. The maximum Gasteiger partial charge on any atom is 0.00986 e. The van der Waals surface area contributed by atoms with Crippen molar-refractivity contribution in [3.05, 3.63) is 0 Å². The molecule has 0 saturated heterocycles. The molecule has 2 nitrogen and oxygen atoms in total. The molecule has 0 aromatic carbocycles. The van der Waals surface area contributed by atoms with Gasteiger partial charge in [0.1, 0.15) is 0 Å². The van der Waals surface area contributed by atoms with Crippen molar-refractivity contribution in [1.29, 1.82) is 0 Å². The molecule has 92 valence electrons. The van der Waals surface area contributed by atoms with Gasteiger partial charge in [-0.05, 0) is 52.9 Å². The van der Waals surface area contributed by atoms with Crippen molar-refractivity contribution in [2.24, 2.45) is 5.92 Å². The monoisotopic (exact) mass is 214 g/mol. The van der Waals surface area contributed by atoms with E-state index in [4.69, 9.17) is 0 Å². The zero-order valence-corrected chi connectivity index (χ0v) is 11.6. The summed E-state index contributed by atoms with van der Waals surface area (Å²) in [5, 5.41) is 0. The highest BCUT2D eigenvalue weighted by Gasteiger charge is 2.16. The average molecular weight is 214 g/mol. The quantitative estimate of drug-likeness (QED) is 0.613. The zero-order valence-electron chi connectivity index (χ0n) is 11.6. The lowest BCUT2D eigenvalue weighted by Gasteiger charge is -2.31. The van der Waals surface area contributed by atoms with Gasteiger partial charge in [0.2, 0.25) is 0 Å². The molecule has 0 rings (SSSR count). The van der Waals surface area contributed by atoms with Crippen LogP contribution in [0.3, 0.4) is 0 Å². The summed E-state index contributed by atoms with van der Waals surface area (Å²) in [5.74, 6) is 0.748. The van der Waals surface area contributed by atoms with Crippen LogP contribution < -0.4 is 0 Å². The first-order valence-electron chi connectivity index (χ1n) is 6.41. The minimum Gasteiger partial charge on any atom is -0.306 e. The van der Waals surface area contributed by atoms with Crippen LogP contribution in [0, 0.1) is 5.92 Å². The normalized spacial score (nSPS) is 16.0. The molecule has 0 aromatic rings. The Morgan fingerprint density at radius 1 is 0.933 bits per heavy atom. The molecule has 0 saturated carbocycles. The van der Waals surface area contributed by atoms with Gasteiger partial charge >= 0.3 is 0 Å². The number of hydrogen-bond acceptors (Lipinski definition) is 2. The Kier molecular flexibility index (Phi) is 8.07. The molecule has 0 aliphatic heterocycles. The van der Waals surface area contributed by atoms with Crippen LogP contribution in [0.15, 0.2) is 0 Å². The molecule has 2 atom stereocenters. The van der Waals surface area contributed by atoms with Crippen molar-refractivity contribution in [2.75, 3.05) is 33.7 Å². The summed E-state index contributed by atoms with van der Waals surface area (Å²) in [4.78, 5) is 4.92. The van der Waals surface area contributed by atoms with Crippen LogP contribution in [0.5, 0.6) is 0 Å². The second kappa shape index (κ2) is 8.12. The second-order valence-electron chi connectivity index (χ2n) is 4.98. The van der Waals surface area contributed by atoms with Crippen molar-refractivity contribution >= 4 is 0 Å². The van der Waals surface area contributed by atoms with E-state index in [-0.39, 0.29) is 0 Å². The lowest BCUT2D eigenvalue weighted by atomic mass is 10.0. The maximum atomic E-state index is 2.60. The van der Waals surface area contributed by atoms with Gasteiger partial charge in [0.15, 0.2) is 0 Å². The lowest BCUT2D eigenvalue weighted by Crippen LogP contribution is -2.39. The number of rotatable bonds is 8. The smallest absolute Gasteiger partial charge is 0.00986 e. The highest BCUT2D eigenvalue weighted by molar-refractivity contribution is 4.71. The molecule has 0 amide bonds. The molecule has 0 aromatic heterocycles. The van der Waals surface area contributed by atoms with Crippen LogP contribution in [-0.2, 0) is 0 Å². The molecule has 0 N–H and O–H groups in total. The highest BCUT2D eigenvalue weighted by Crippen LogP contribution is 2.10. The summed E-state index contributed by atoms with van der Waals surface area (Å²) in [7, 11) is 4.34. The van der Waals surface area contributed by atoms with Gasteiger partial charge in [-0.2, -0.15) is 0 Å². The van der Waals surface area contributed by atoms with Crippen LogP contribution in [0.1, 0.15) is 40.5 Å². The third-order valence-corrected chi connectivity index (χ3v) is 3.26. The molecule has 0 fully saturated rings. The van der Waals surface area contributed by atoms with Crippen LogP contribution >= 0.6 is 0 Å². The van der Waals surface area contributed by atoms with E-state index < -0.39 is 0 Å². The molecule has 0 radical (unpaired) electrons. The van der Waals surface area contributed by atoms with Crippen molar-refractivity contribution in [2.45, 2.75) is 46.6 Å². The van der Waals surface area contributed by atoms with E-state index in [1.165, 1.54) is 32.5 Å². The molecule has 0 heterocycles. The third-order valence-electron chi connectivity index (χ3n) is 3.26. The van der Waals surface area contributed by atoms with Gasteiger partial charge in [0.05, 0.1) is 0 Å². The summed E-state index contributed by atoms with van der Waals surface area (Å²) in [6, 6.07) is 0.668. The topological polar surface area (TPSA) is 6.48 Å². The van der Waals surface area contributed by atoms with Crippen molar-refractivity contribution in [3.63, 3.8) is 0 Å². The summed E-state index contributed by atoms with van der Waals surface area (Å²) in [6.45, 7) is 13.0. The Balaban J connectivity index is 4.02. The van der Waals surface area contributed by atoms with Crippen molar-refractivity contribution < 1.29 is 0 Å². The Morgan fingerprint density at radius 3 is 1.73 bits per heavy atom. The Morgan fingerprint density at radius 2 is 1.40 bits per heavy atom. The molecule has 2 heteroatoms.